The maximum absolute atomic E-state index is 13.1. The van der Waals surface area contributed by atoms with Gasteiger partial charge in [-0.05, 0) is 32.1 Å². The van der Waals surface area contributed by atoms with E-state index in [-0.39, 0.29) is 37.7 Å². The zero-order chi connectivity index (χ0) is 26.5. The van der Waals surface area contributed by atoms with Crippen molar-refractivity contribution in [1.29, 1.82) is 0 Å². The number of nitrogens with one attached hydrogen (secondary N) is 4. The lowest BCUT2D eigenvalue weighted by Gasteiger charge is -2.25. The molecule has 0 radical (unpaired) electrons. The highest BCUT2D eigenvalue weighted by Gasteiger charge is 2.29. The molecule has 0 saturated heterocycles. The van der Waals surface area contributed by atoms with E-state index in [1.54, 1.807) is 6.20 Å². The number of amides is 3. The Morgan fingerprint density at radius 1 is 1.06 bits per heavy atom. The average molecular weight is 496 g/mol. The molecule has 0 bridgehead atoms. The second kappa shape index (κ2) is 14.6. The van der Waals surface area contributed by atoms with Crippen molar-refractivity contribution in [3.05, 3.63) is 18.2 Å². The van der Waals surface area contributed by atoms with Gasteiger partial charge in [0.2, 0.25) is 17.7 Å². The van der Waals surface area contributed by atoms with Crippen LogP contribution in [0.5, 0.6) is 0 Å². The van der Waals surface area contributed by atoms with Crippen molar-refractivity contribution in [2.75, 3.05) is 6.54 Å². The number of imidazole rings is 1. The topological polar surface area (TPSA) is 244 Å². The molecule has 0 fully saturated rings. The Labute approximate surface area is 203 Å². The third kappa shape index (κ3) is 11.3. The third-order valence-electron chi connectivity index (χ3n) is 4.98. The van der Waals surface area contributed by atoms with Gasteiger partial charge < -0.3 is 43.2 Å². The van der Waals surface area contributed by atoms with Crippen LogP contribution in [-0.2, 0) is 25.6 Å². The van der Waals surface area contributed by atoms with E-state index in [4.69, 9.17) is 22.3 Å². The molecule has 4 atom stereocenters. The van der Waals surface area contributed by atoms with Gasteiger partial charge >= 0.3 is 5.97 Å². The van der Waals surface area contributed by atoms with Crippen molar-refractivity contribution >= 4 is 29.7 Å². The van der Waals surface area contributed by atoms with Crippen LogP contribution < -0.4 is 33.2 Å². The highest BCUT2D eigenvalue weighted by molar-refractivity contribution is 5.94. The second-order valence-corrected chi connectivity index (χ2v) is 8.66. The van der Waals surface area contributed by atoms with Gasteiger partial charge in [-0.15, -0.1) is 0 Å². The number of carbonyl (C=O) groups excluding carboxylic acids is 3. The smallest absolute Gasteiger partial charge is 0.325 e. The van der Waals surface area contributed by atoms with Gasteiger partial charge in [0, 0.05) is 24.9 Å². The number of rotatable bonds is 15. The quantitative estimate of drug-likeness (QED) is 0.0756. The van der Waals surface area contributed by atoms with Crippen molar-refractivity contribution in [3.63, 3.8) is 0 Å². The first kappa shape index (κ1) is 29.4. The zero-order valence-electron chi connectivity index (χ0n) is 20.3. The van der Waals surface area contributed by atoms with Crippen molar-refractivity contribution in [2.24, 2.45) is 28.1 Å². The predicted octanol–water partition coefficient (Wildman–Crippen LogP) is -2.06. The van der Waals surface area contributed by atoms with E-state index < -0.39 is 47.9 Å². The van der Waals surface area contributed by atoms with Crippen molar-refractivity contribution in [2.45, 2.75) is 70.6 Å². The summed E-state index contributed by atoms with van der Waals surface area (Å²) in [5.41, 5.74) is 17.3. The first-order valence-corrected chi connectivity index (χ1v) is 11.3. The van der Waals surface area contributed by atoms with E-state index in [0.717, 1.165) is 0 Å². The molecule has 1 aromatic heterocycles. The zero-order valence-corrected chi connectivity index (χ0v) is 20.3. The van der Waals surface area contributed by atoms with Crippen LogP contribution in [0.3, 0.4) is 0 Å². The molecule has 0 saturated carbocycles. The standard InChI is InChI=1S/C21H37N9O5/c1-11(2)7-16(19(33)28-12(3)20(34)35)30-18(32)15(5-4-6-26-21(23)24)29-17(31)14(22)8-13-9-25-10-27-13/h9-12,14-16H,4-8,22H2,1-3H3,(H,25,27)(H,28,33)(H,29,31)(H,30,32)(H,34,35)(H4,23,24,26). The predicted molar refractivity (Wildman–Crippen MR) is 129 cm³/mol. The Morgan fingerprint density at radius 2 is 1.69 bits per heavy atom. The molecule has 196 valence electrons. The lowest BCUT2D eigenvalue weighted by atomic mass is 10.0. The maximum Gasteiger partial charge on any atom is 0.325 e. The van der Waals surface area contributed by atoms with Crippen LogP contribution in [0.25, 0.3) is 0 Å². The summed E-state index contributed by atoms with van der Waals surface area (Å²) in [6.07, 6.45) is 3.98. The van der Waals surface area contributed by atoms with Crippen molar-refractivity contribution < 1.29 is 24.3 Å². The molecule has 11 N–H and O–H groups in total. The van der Waals surface area contributed by atoms with E-state index >= 15 is 0 Å². The average Bonchev–Trinajstić information content (AvgIpc) is 3.27. The highest BCUT2D eigenvalue weighted by atomic mass is 16.4. The number of nitrogens with two attached hydrogens (primary N) is 3. The Bertz CT molecular complexity index is 869. The molecule has 4 unspecified atom stereocenters. The summed E-state index contributed by atoms with van der Waals surface area (Å²) in [5, 5.41) is 16.7. The minimum Gasteiger partial charge on any atom is -0.480 e. The minimum absolute atomic E-state index is 0.0175. The van der Waals surface area contributed by atoms with Crippen LogP contribution in [0.2, 0.25) is 0 Å². The van der Waals surface area contributed by atoms with Crippen LogP contribution in [-0.4, -0.2) is 75.4 Å². The summed E-state index contributed by atoms with van der Waals surface area (Å²) in [7, 11) is 0. The highest BCUT2D eigenvalue weighted by Crippen LogP contribution is 2.08. The Kier molecular flexibility index (Phi) is 12.2. The number of hydrogen-bond acceptors (Lipinski definition) is 7. The minimum atomic E-state index is -1.20. The molecule has 1 aromatic rings. The largest absolute Gasteiger partial charge is 0.480 e. The molecule has 0 aliphatic carbocycles. The van der Waals surface area contributed by atoms with Crippen LogP contribution >= 0.6 is 0 Å². The van der Waals surface area contributed by atoms with Gasteiger partial charge in [0.25, 0.3) is 0 Å². The molecule has 0 aromatic carbocycles. The number of aliphatic imine (C=N–C) groups is 1. The molecule has 0 aliphatic rings. The van der Waals surface area contributed by atoms with Gasteiger partial charge in [-0.2, -0.15) is 0 Å². The van der Waals surface area contributed by atoms with Crippen molar-refractivity contribution in [1.82, 2.24) is 25.9 Å². The third-order valence-corrected chi connectivity index (χ3v) is 4.98. The number of guanidine groups is 1. The fourth-order valence-electron chi connectivity index (χ4n) is 3.13. The van der Waals surface area contributed by atoms with Gasteiger partial charge in [0.15, 0.2) is 5.96 Å². The summed E-state index contributed by atoms with van der Waals surface area (Å²) < 4.78 is 0. The van der Waals surface area contributed by atoms with Gasteiger partial charge in [-0.3, -0.25) is 24.2 Å². The molecule has 14 nitrogen and oxygen atoms in total. The van der Waals surface area contributed by atoms with Crippen LogP contribution in [0.1, 0.15) is 45.7 Å². The molecular weight excluding hydrogens is 458 g/mol. The number of H-pyrrole nitrogens is 1. The monoisotopic (exact) mass is 495 g/mol. The normalized spacial score (nSPS) is 14.3. The number of aliphatic carboxylic acids is 1. The van der Waals surface area contributed by atoms with E-state index in [2.05, 4.69) is 30.9 Å². The van der Waals surface area contributed by atoms with Crippen LogP contribution in [0, 0.1) is 5.92 Å². The van der Waals surface area contributed by atoms with E-state index in [1.165, 1.54) is 13.3 Å². The molecular formula is C21H37N9O5. The molecule has 0 aliphatic heterocycles. The SMILES string of the molecule is CC(C)CC(NC(=O)C(CCCN=C(N)N)NC(=O)C(N)Cc1cnc[nH]1)C(=O)NC(C)C(=O)O. The Morgan fingerprint density at radius 3 is 2.23 bits per heavy atom. The van der Waals surface area contributed by atoms with Crippen LogP contribution in [0.15, 0.2) is 17.5 Å². The fourth-order valence-corrected chi connectivity index (χ4v) is 3.13. The first-order valence-electron chi connectivity index (χ1n) is 11.3. The van der Waals surface area contributed by atoms with Gasteiger partial charge in [0.1, 0.15) is 18.1 Å². The van der Waals surface area contributed by atoms with Gasteiger partial charge in [-0.25, -0.2) is 4.98 Å². The summed E-state index contributed by atoms with van der Waals surface area (Å²) in [4.78, 5) is 60.1. The molecule has 0 spiro atoms. The van der Waals surface area contributed by atoms with Gasteiger partial charge in [-0.1, -0.05) is 13.8 Å². The molecule has 14 heteroatoms. The van der Waals surface area contributed by atoms with E-state index in [9.17, 15) is 19.2 Å². The maximum atomic E-state index is 13.1. The first-order chi connectivity index (χ1) is 16.4. The summed E-state index contributed by atoms with van der Waals surface area (Å²) in [5.74, 6) is -3.10. The molecule has 35 heavy (non-hydrogen) atoms. The van der Waals surface area contributed by atoms with Crippen molar-refractivity contribution in [3.8, 4) is 0 Å². The molecule has 1 heterocycles. The van der Waals surface area contributed by atoms with Gasteiger partial charge in [0.05, 0.1) is 12.4 Å². The fraction of sp³-hybridized carbons (Fsp3) is 0.619. The molecule has 1 rings (SSSR count). The summed E-state index contributed by atoms with van der Waals surface area (Å²) in [6, 6.07) is -4.11. The number of hydrogen-bond donors (Lipinski definition) is 8. The second-order valence-electron chi connectivity index (χ2n) is 8.66. The Hall–Kier alpha value is -3.68. The van der Waals surface area contributed by atoms with Crippen LogP contribution in [0.4, 0.5) is 0 Å². The summed E-state index contributed by atoms with van der Waals surface area (Å²) >= 11 is 0. The number of carboxylic acids is 1. The van der Waals surface area contributed by atoms with E-state index in [0.29, 0.717) is 12.1 Å². The lowest BCUT2D eigenvalue weighted by molar-refractivity contribution is -0.142. The number of carboxylic acid groups (broad SMARTS) is 1. The number of nitrogens with zero attached hydrogens (tertiary/aromatic N) is 2. The number of aromatic nitrogens is 2. The number of carbonyl (C=O) groups is 4. The van der Waals surface area contributed by atoms with E-state index in [1.807, 2.05) is 13.8 Å². The Balaban J connectivity index is 2.94. The summed E-state index contributed by atoms with van der Waals surface area (Å²) in [6.45, 7) is 5.27. The number of aromatic amines is 1. The lowest BCUT2D eigenvalue weighted by Crippen LogP contribution is -2.57. The molecule has 3 amide bonds.